The number of nitrogens with one attached hydrogen (secondary N) is 1. The molecule has 0 aromatic heterocycles. The number of hydrogen-bond donors (Lipinski definition) is 3. The fourth-order valence-electron chi connectivity index (χ4n) is 1.45. The lowest BCUT2D eigenvalue weighted by Crippen LogP contribution is -2.28. The molecule has 5 N–H and O–H groups in total. The van der Waals surface area contributed by atoms with Crippen LogP contribution in [0, 0.1) is 0 Å². The van der Waals surface area contributed by atoms with Gasteiger partial charge in [0, 0.05) is 13.3 Å². The Labute approximate surface area is 127 Å². The van der Waals surface area contributed by atoms with Crippen molar-refractivity contribution in [1.29, 1.82) is 0 Å². The largest absolute Gasteiger partial charge is 0.389 e. The van der Waals surface area contributed by atoms with E-state index in [-0.39, 0.29) is 16.9 Å². The lowest BCUT2D eigenvalue weighted by Gasteiger charge is -2.18. The van der Waals surface area contributed by atoms with Gasteiger partial charge in [-0.15, -0.1) is 0 Å². The van der Waals surface area contributed by atoms with Gasteiger partial charge in [0.05, 0.1) is 16.4 Å². The molecule has 7 heteroatoms. The fourth-order valence-corrected chi connectivity index (χ4v) is 1.87. The van der Waals surface area contributed by atoms with Gasteiger partial charge in [-0.2, -0.15) is 0 Å². The second kappa shape index (κ2) is 7.72. The number of nitrogens with two attached hydrogens (primary N) is 2. The zero-order valence-electron chi connectivity index (χ0n) is 11.3. The van der Waals surface area contributed by atoms with E-state index in [1.165, 1.54) is 24.1 Å². The Bertz CT molecular complexity index is 541. The molecule has 1 aromatic rings. The van der Waals surface area contributed by atoms with Crippen molar-refractivity contribution in [3.05, 3.63) is 53.0 Å². The summed E-state index contributed by atoms with van der Waals surface area (Å²) in [5.74, 6) is -0.128. The summed E-state index contributed by atoms with van der Waals surface area (Å²) < 4.78 is 1.89. The van der Waals surface area contributed by atoms with E-state index in [4.69, 9.17) is 23.1 Å². The number of hydrogen-bond acceptors (Lipinski definition) is 5. The summed E-state index contributed by atoms with van der Waals surface area (Å²) in [7, 11) is 1.88. The lowest BCUT2D eigenvalue weighted by molar-refractivity contribution is 0.0966. The second-order valence-electron chi connectivity index (χ2n) is 3.82. The molecular formula is C13H17ClN4OS. The third-order valence-electron chi connectivity index (χ3n) is 2.44. The second-order valence-corrected chi connectivity index (χ2v) is 5.17. The molecule has 1 rings (SSSR count). The maximum atomic E-state index is 12.2. The van der Waals surface area contributed by atoms with E-state index in [0.29, 0.717) is 5.56 Å². The van der Waals surface area contributed by atoms with Crippen LogP contribution in [0.1, 0.15) is 10.4 Å². The minimum absolute atomic E-state index is 0.0877. The number of benzene rings is 1. The van der Waals surface area contributed by atoms with Crippen LogP contribution >= 0.6 is 23.5 Å². The zero-order chi connectivity index (χ0) is 15.1. The molecule has 0 aliphatic heterocycles. The van der Waals surface area contributed by atoms with E-state index >= 15 is 0 Å². The topological polar surface area (TPSA) is 84.4 Å². The van der Waals surface area contributed by atoms with E-state index in [1.54, 1.807) is 12.1 Å². The standard InChI is InChI=1S/C13H17ClN4OS/c1-18(20-2)10-6-4-3-5-9(10)13(19)17-12(16)8-7-11(14)15/h3-8H,15-16H2,1-2H3,(H,17,19)/b11-7-,12-8+. The van der Waals surface area contributed by atoms with Crippen molar-refractivity contribution in [2.45, 2.75) is 0 Å². The highest BCUT2D eigenvalue weighted by Crippen LogP contribution is 2.23. The summed E-state index contributed by atoms with van der Waals surface area (Å²) >= 11 is 6.98. The normalized spacial score (nSPS) is 12.2. The van der Waals surface area contributed by atoms with Crippen LogP contribution in [0.4, 0.5) is 5.69 Å². The number of amides is 1. The van der Waals surface area contributed by atoms with Gasteiger partial charge in [0.1, 0.15) is 5.82 Å². The molecule has 5 nitrogen and oxygen atoms in total. The average Bonchev–Trinajstić information content (AvgIpc) is 2.44. The van der Waals surface area contributed by atoms with E-state index in [2.05, 4.69) is 5.32 Å². The van der Waals surface area contributed by atoms with Crippen LogP contribution in [-0.4, -0.2) is 19.2 Å². The molecule has 0 unspecified atom stereocenters. The minimum Gasteiger partial charge on any atom is -0.389 e. The molecular weight excluding hydrogens is 296 g/mol. The molecule has 0 saturated carbocycles. The number of carbonyl (C=O) groups is 1. The summed E-state index contributed by atoms with van der Waals surface area (Å²) in [5.41, 5.74) is 12.3. The highest BCUT2D eigenvalue weighted by atomic mass is 35.5. The van der Waals surface area contributed by atoms with Gasteiger partial charge in [-0.3, -0.25) is 4.79 Å². The van der Waals surface area contributed by atoms with Crippen molar-refractivity contribution in [2.24, 2.45) is 11.5 Å². The highest BCUT2D eigenvalue weighted by Gasteiger charge is 2.13. The van der Waals surface area contributed by atoms with Gasteiger partial charge < -0.3 is 21.1 Å². The van der Waals surface area contributed by atoms with Crippen LogP contribution in [0.25, 0.3) is 0 Å². The van der Waals surface area contributed by atoms with Gasteiger partial charge >= 0.3 is 0 Å². The Balaban J connectivity index is 2.93. The molecule has 108 valence electrons. The summed E-state index contributed by atoms with van der Waals surface area (Å²) in [4.78, 5) is 12.2. The van der Waals surface area contributed by atoms with Crippen LogP contribution in [0.15, 0.2) is 47.4 Å². The minimum atomic E-state index is -0.295. The first kappa shape index (κ1) is 16.3. The van der Waals surface area contributed by atoms with Crippen molar-refractivity contribution in [1.82, 2.24) is 5.32 Å². The Kier molecular flexibility index (Phi) is 6.27. The Hall–Kier alpha value is -1.79. The van der Waals surface area contributed by atoms with E-state index in [1.807, 2.05) is 29.7 Å². The average molecular weight is 313 g/mol. The summed E-state index contributed by atoms with van der Waals surface area (Å²) in [6, 6.07) is 7.26. The first-order valence-electron chi connectivity index (χ1n) is 5.72. The molecule has 0 bridgehead atoms. The number of para-hydroxylation sites is 1. The van der Waals surface area contributed by atoms with Crippen LogP contribution in [0.5, 0.6) is 0 Å². The van der Waals surface area contributed by atoms with Gasteiger partial charge in [0.15, 0.2) is 0 Å². The molecule has 1 amide bonds. The third kappa shape index (κ3) is 4.71. The van der Waals surface area contributed by atoms with Crippen molar-refractivity contribution in [3.63, 3.8) is 0 Å². The van der Waals surface area contributed by atoms with Gasteiger partial charge in [-0.25, -0.2) is 0 Å². The van der Waals surface area contributed by atoms with Crippen LogP contribution in [-0.2, 0) is 0 Å². The molecule has 0 aliphatic rings. The van der Waals surface area contributed by atoms with Crippen LogP contribution in [0.3, 0.4) is 0 Å². The van der Waals surface area contributed by atoms with Gasteiger partial charge in [-0.1, -0.05) is 35.7 Å². The number of anilines is 1. The monoisotopic (exact) mass is 312 g/mol. The molecule has 1 aromatic carbocycles. The molecule has 0 saturated heterocycles. The number of halogens is 1. The zero-order valence-corrected chi connectivity index (χ0v) is 12.8. The first-order chi connectivity index (χ1) is 9.45. The van der Waals surface area contributed by atoms with Crippen molar-refractivity contribution in [3.8, 4) is 0 Å². The molecule has 0 aliphatic carbocycles. The summed E-state index contributed by atoms with van der Waals surface area (Å²) in [6.07, 6.45) is 4.76. The Morgan fingerprint density at radius 3 is 2.60 bits per heavy atom. The smallest absolute Gasteiger partial charge is 0.258 e. The Morgan fingerprint density at radius 1 is 1.35 bits per heavy atom. The molecule has 0 fully saturated rings. The molecule has 0 atom stereocenters. The first-order valence-corrected chi connectivity index (χ1v) is 7.28. The van der Waals surface area contributed by atoms with E-state index in [9.17, 15) is 4.79 Å². The molecule has 0 radical (unpaired) electrons. The molecule has 0 spiro atoms. The van der Waals surface area contributed by atoms with Gasteiger partial charge in [0.25, 0.3) is 5.91 Å². The highest BCUT2D eigenvalue weighted by molar-refractivity contribution is 7.99. The summed E-state index contributed by atoms with van der Waals surface area (Å²) in [5, 5.41) is 2.66. The summed E-state index contributed by atoms with van der Waals surface area (Å²) in [6.45, 7) is 0. The third-order valence-corrected chi connectivity index (χ3v) is 3.31. The SMILES string of the molecule is CSN(C)c1ccccc1C(=O)N/C(N)=C/C=C(\N)Cl. The predicted octanol–water partition coefficient (Wildman–Crippen LogP) is 1.97. The fraction of sp³-hybridized carbons (Fsp3) is 0.154. The molecule has 0 heterocycles. The Morgan fingerprint density at radius 2 is 2.00 bits per heavy atom. The van der Waals surface area contributed by atoms with Crippen molar-refractivity contribution < 1.29 is 4.79 Å². The number of allylic oxidation sites excluding steroid dienone is 2. The van der Waals surface area contributed by atoms with Gasteiger partial charge in [-0.05, 0) is 24.3 Å². The number of rotatable bonds is 5. The quantitative estimate of drug-likeness (QED) is 0.440. The van der Waals surface area contributed by atoms with Crippen molar-refractivity contribution in [2.75, 3.05) is 17.6 Å². The number of nitrogens with zero attached hydrogens (tertiary/aromatic N) is 1. The van der Waals surface area contributed by atoms with Crippen LogP contribution in [0.2, 0.25) is 0 Å². The number of carbonyl (C=O) groups excluding carboxylic acids is 1. The van der Waals surface area contributed by atoms with E-state index < -0.39 is 0 Å². The van der Waals surface area contributed by atoms with E-state index in [0.717, 1.165) is 5.69 Å². The van der Waals surface area contributed by atoms with Gasteiger partial charge in [0.2, 0.25) is 0 Å². The maximum absolute atomic E-state index is 12.2. The maximum Gasteiger partial charge on any atom is 0.258 e. The van der Waals surface area contributed by atoms with Crippen molar-refractivity contribution >= 4 is 35.1 Å². The lowest BCUT2D eigenvalue weighted by atomic mass is 10.1. The van der Waals surface area contributed by atoms with Crippen LogP contribution < -0.4 is 21.1 Å². The molecule has 20 heavy (non-hydrogen) atoms. The predicted molar refractivity (Wildman–Crippen MR) is 86.2 cm³/mol.